The minimum absolute atomic E-state index is 0.299. The molecule has 1 aliphatic carbocycles. The third kappa shape index (κ3) is 4.53. The van der Waals surface area contributed by atoms with E-state index in [-0.39, 0.29) is 5.56 Å². The third-order valence-corrected chi connectivity index (χ3v) is 6.36. The van der Waals surface area contributed by atoms with E-state index in [9.17, 15) is 22.4 Å². The van der Waals surface area contributed by atoms with E-state index in [1.807, 2.05) is 18.3 Å². The van der Waals surface area contributed by atoms with E-state index in [4.69, 9.17) is 0 Å². The predicted octanol–water partition coefficient (Wildman–Crippen LogP) is 6.42. The molecule has 1 amide bonds. The molecule has 4 rings (SSSR count). The molecular formula is C22H18F4N2OS. The number of aromatic nitrogens is 1. The van der Waals surface area contributed by atoms with E-state index in [1.165, 1.54) is 19.3 Å². The molecule has 0 unspecified atom stereocenters. The zero-order valence-corrected chi connectivity index (χ0v) is 16.6. The maximum Gasteiger partial charge on any atom is 0.416 e. The van der Waals surface area contributed by atoms with Gasteiger partial charge in [0.15, 0.2) is 0 Å². The molecule has 0 saturated heterocycles. The van der Waals surface area contributed by atoms with Gasteiger partial charge >= 0.3 is 6.18 Å². The van der Waals surface area contributed by atoms with Crippen molar-refractivity contribution in [3.05, 3.63) is 70.6 Å². The van der Waals surface area contributed by atoms with Crippen molar-refractivity contribution < 1.29 is 22.4 Å². The standard InChI is InChI=1S/C22H18F4N2OS/c23-18-9-6-16(22(24,25)26)10-15(18)11-20(29)28-17-7-4-13(5-8-17)19-12-27-21(30-19)14-2-1-3-14/h4-10,12,14H,1-3,11H2,(H,28,29). The van der Waals surface area contributed by atoms with Crippen LogP contribution in [0.25, 0.3) is 10.4 Å². The summed E-state index contributed by atoms with van der Waals surface area (Å²) >= 11 is 1.66. The second-order valence-corrected chi connectivity index (χ2v) is 8.36. The molecule has 1 fully saturated rings. The number of halogens is 4. The molecule has 30 heavy (non-hydrogen) atoms. The number of amides is 1. The van der Waals surface area contributed by atoms with Crippen LogP contribution in [0.15, 0.2) is 48.7 Å². The van der Waals surface area contributed by atoms with E-state index >= 15 is 0 Å². The average molecular weight is 434 g/mol. The van der Waals surface area contributed by atoms with Crippen molar-refractivity contribution in [3.63, 3.8) is 0 Å². The average Bonchev–Trinajstić information content (AvgIpc) is 3.11. The van der Waals surface area contributed by atoms with Crippen molar-refractivity contribution >= 4 is 22.9 Å². The largest absolute Gasteiger partial charge is 0.416 e. The Morgan fingerprint density at radius 1 is 1.13 bits per heavy atom. The maximum absolute atomic E-state index is 13.8. The van der Waals surface area contributed by atoms with Gasteiger partial charge in [0.05, 0.1) is 21.9 Å². The summed E-state index contributed by atoms with van der Waals surface area (Å²) in [6.07, 6.45) is 0.385. The Morgan fingerprint density at radius 3 is 2.50 bits per heavy atom. The van der Waals surface area contributed by atoms with E-state index in [1.54, 1.807) is 23.5 Å². The number of hydrogen-bond acceptors (Lipinski definition) is 3. The lowest BCUT2D eigenvalue weighted by Gasteiger charge is -2.22. The first-order chi connectivity index (χ1) is 14.3. The van der Waals surface area contributed by atoms with Gasteiger partial charge in [0.1, 0.15) is 5.82 Å². The van der Waals surface area contributed by atoms with Crippen molar-refractivity contribution in [3.8, 4) is 10.4 Å². The first-order valence-corrected chi connectivity index (χ1v) is 10.3. The molecule has 8 heteroatoms. The van der Waals surface area contributed by atoms with Gasteiger partial charge in [0.2, 0.25) is 5.91 Å². The van der Waals surface area contributed by atoms with Crippen molar-refractivity contribution in [2.24, 2.45) is 0 Å². The fourth-order valence-corrected chi connectivity index (χ4v) is 4.34. The SMILES string of the molecule is O=C(Cc1cc(C(F)(F)F)ccc1F)Nc1ccc(-c2cnc(C3CCC3)s2)cc1. The maximum atomic E-state index is 13.8. The van der Waals surface area contributed by atoms with Crippen LogP contribution in [0.4, 0.5) is 23.2 Å². The van der Waals surface area contributed by atoms with Gasteiger partial charge in [-0.3, -0.25) is 4.79 Å². The molecule has 0 atom stereocenters. The Morgan fingerprint density at radius 2 is 1.87 bits per heavy atom. The van der Waals surface area contributed by atoms with Gasteiger partial charge in [-0.05, 0) is 54.3 Å². The molecule has 0 aliphatic heterocycles. The number of hydrogen-bond donors (Lipinski definition) is 1. The minimum Gasteiger partial charge on any atom is -0.326 e. The van der Waals surface area contributed by atoms with Crippen molar-refractivity contribution in [1.82, 2.24) is 4.98 Å². The molecule has 0 bridgehead atoms. The summed E-state index contributed by atoms with van der Waals surface area (Å²) < 4.78 is 52.2. The van der Waals surface area contributed by atoms with Gasteiger partial charge in [-0.1, -0.05) is 18.6 Å². The molecule has 0 spiro atoms. The Labute approximate surface area is 174 Å². The van der Waals surface area contributed by atoms with Gasteiger partial charge in [0, 0.05) is 17.8 Å². The Balaban J connectivity index is 1.41. The number of benzene rings is 2. The van der Waals surface area contributed by atoms with Crippen LogP contribution in [0.3, 0.4) is 0 Å². The summed E-state index contributed by atoms with van der Waals surface area (Å²) in [4.78, 5) is 17.7. The van der Waals surface area contributed by atoms with Gasteiger partial charge in [-0.25, -0.2) is 9.37 Å². The number of thiazole rings is 1. The van der Waals surface area contributed by atoms with Crippen LogP contribution in [0.2, 0.25) is 0 Å². The third-order valence-electron chi connectivity index (χ3n) is 5.16. The van der Waals surface area contributed by atoms with Gasteiger partial charge < -0.3 is 5.32 Å². The number of carbonyl (C=O) groups excluding carboxylic acids is 1. The summed E-state index contributed by atoms with van der Waals surface area (Å²) in [6.45, 7) is 0. The second-order valence-electron chi connectivity index (χ2n) is 7.30. The fraction of sp³-hybridized carbons (Fsp3) is 0.273. The number of alkyl halides is 3. The van der Waals surface area contributed by atoms with E-state index < -0.39 is 29.9 Å². The van der Waals surface area contributed by atoms with Gasteiger partial charge in [-0.2, -0.15) is 13.2 Å². The number of nitrogens with one attached hydrogen (secondary N) is 1. The highest BCUT2D eigenvalue weighted by Crippen LogP contribution is 2.40. The van der Waals surface area contributed by atoms with Gasteiger partial charge in [0.25, 0.3) is 0 Å². The van der Waals surface area contributed by atoms with E-state index in [0.717, 1.165) is 21.5 Å². The van der Waals surface area contributed by atoms with Gasteiger partial charge in [-0.15, -0.1) is 11.3 Å². The molecule has 2 aromatic carbocycles. The van der Waals surface area contributed by atoms with Crippen molar-refractivity contribution in [1.29, 1.82) is 0 Å². The van der Waals surface area contributed by atoms with Crippen molar-refractivity contribution in [2.75, 3.05) is 5.32 Å². The van der Waals surface area contributed by atoms with E-state index in [2.05, 4.69) is 10.3 Å². The van der Waals surface area contributed by atoms with Crippen LogP contribution < -0.4 is 5.32 Å². The smallest absolute Gasteiger partial charge is 0.326 e. The fourth-order valence-electron chi connectivity index (χ4n) is 3.25. The quantitative estimate of drug-likeness (QED) is 0.471. The zero-order chi connectivity index (χ0) is 21.3. The van der Waals surface area contributed by atoms with E-state index in [0.29, 0.717) is 23.7 Å². The molecule has 3 nitrogen and oxygen atoms in total. The number of nitrogens with zero attached hydrogens (tertiary/aromatic N) is 1. The molecule has 1 N–H and O–H groups in total. The molecule has 0 radical (unpaired) electrons. The van der Waals surface area contributed by atoms with Crippen LogP contribution in [0.1, 0.15) is 41.3 Å². The predicted molar refractivity (Wildman–Crippen MR) is 108 cm³/mol. The van der Waals surface area contributed by atoms with Crippen LogP contribution in [-0.4, -0.2) is 10.9 Å². The lowest BCUT2D eigenvalue weighted by Crippen LogP contribution is -2.16. The first-order valence-electron chi connectivity index (χ1n) is 9.51. The van der Waals surface area contributed by atoms with Crippen molar-refractivity contribution in [2.45, 2.75) is 37.8 Å². The lowest BCUT2D eigenvalue weighted by atomic mass is 9.86. The second kappa shape index (κ2) is 8.18. The Kier molecular flexibility index (Phi) is 5.60. The lowest BCUT2D eigenvalue weighted by molar-refractivity contribution is -0.137. The number of rotatable bonds is 5. The normalized spacial score (nSPS) is 14.4. The van der Waals surface area contributed by atoms with Crippen LogP contribution in [0, 0.1) is 5.82 Å². The first kappa shape index (κ1) is 20.5. The molecule has 1 aromatic heterocycles. The summed E-state index contributed by atoms with van der Waals surface area (Å²) in [5, 5.41) is 3.75. The molecular weight excluding hydrogens is 416 g/mol. The summed E-state index contributed by atoms with van der Waals surface area (Å²) in [6, 6.07) is 9.16. The molecule has 3 aromatic rings. The molecule has 1 aliphatic rings. The highest BCUT2D eigenvalue weighted by atomic mass is 32.1. The summed E-state index contributed by atoms with van der Waals surface area (Å²) in [7, 11) is 0. The number of carbonyl (C=O) groups is 1. The minimum atomic E-state index is -4.59. The Hall–Kier alpha value is -2.74. The highest BCUT2D eigenvalue weighted by molar-refractivity contribution is 7.15. The summed E-state index contributed by atoms with van der Waals surface area (Å²) in [5.74, 6) is -0.870. The zero-order valence-electron chi connectivity index (χ0n) is 15.8. The molecule has 156 valence electrons. The molecule has 1 heterocycles. The highest BCUT2D eigenvalue weighted by Gasteiger charge is 2.31. The summed E-state index contributed by atoms with van der Waals surface area (Å²) in [5.41, 5.74) is 0.175. The van der Waals surface area contributed by atoms with Crippen LogP contribution in [0.5, 0.6) is 0 Å². The van der Waals surface area contributed by atoms with Crippen LogP contribution in [-0.2, 0) is 17.4 Å². The molecule has 1 saturated carbocycles. The Bertz CT molecular complexity index is 1060. The topological polar surface area (TPSA) is 42.0 Å². The van der Waals surface area contributed by atoms with Crippen LogP contribution >= 0.6 is 11.3 Å². The monoisotopic (exact) mass is 434 g/mol. The number of anilines is 1.